The monoisotopic (exact) mass is 342 g/mol. The van der Waals surface area contributed by atoms with Gasteiger partial charge in [0.05, 0.1) is 18.4 Å². The first-order valence-corrected chi connectivity index (χ1v) is 8.79. The Kier molecular flexibility index (Phi) is 3.49. The normalized spacial score (nSPS) is 27.8. The first-order chi connectivity index (χ1) is 11.8. The molecule has 2 bridgehead atoms. The molecule has 1 saturated carbocycles. The fraction of sp³-hybridized carbons (Fsp3) is 0.526. The lowest BCUT2D eigenvalue weighted by Crippen LogP contribution is -2.60. The van der Waals surface area contributed by atoms with Gasteiger partial charge in [-0.1, -0.05) is 25.1 Å². The highest BCUT2D eigenvalue weighted by Gasteiger charge is 2.59. The Morgan fingerprint density at radius 3 is 2.88 bits per heavy atom. The van der Waals surface area contributed by atoms with Crippen molar-refractivity contribution in [1.82, 2.24) is 19.9 Å². The van der Waals surface area contributed by atoms with Gasteiger partial charge in [0.2, 0.25) is 5.91 Å². The van der Waals surface area contributed by atoms with Crippen molar-refractivity contribution in [1.29, 1.82) is 0 Å². The molecule has 0 spiro atoms. The summed E-state index contributed by atoms with van der Waals surface area (Å²) in [6, 6.07) is 6.23. The molecule has 1 saturated heterocycles. The number of carbonyl (C=O) groups excluding carboxylic acids is 1. The van der Waals surface area contributed by atoms with Crippen LogP contribution in [0.1, 0.15) is 45.7 Å². The second-order valence-corrected chi connectivity index (χ2v) is 8.05. The number of hydrogen-bond acceptors (Lipinski definition) is 3. The Balaban J connectivity index is 1.61. The van der Waals surface area contributed by atoms with Crippen LogP contribution in [0.5, 0.6) is 0 Å². The van der Waals surface area contributed by atoms with E-state index in [0.717, 1.165) is 18.5 Å². The Morgan fingerprint density at radius 1 is 1.32 bits per heavy atom. The highest BCUT2D eigenvalue weighted by molar-refractivity contribution is 5.79. The van der Waals surface area contributed by atoms with E-state index >= 15 is 0 Å². The molecular weight excluding hydrogens is 319 g/mol. The number of fused-ring (bicyclic) bond motifs is 2. The zero-order valence-electron chi connectivity index (χ0n) is 14.9. The van der Waals surface area contributed by atoms with E-state index in [-0.39, 0.29) is 22.7 Å². The summed E-state index contributed by atoms with van der Waals surface area (Å²) in [6.45, 7) is 7.18. The number of nitrogens with zero attached hydrogens (tertiary/aromatic N) is 4. The zero-order chi connectivity index (χ0) is 17.8. The molecule has 0 unspecified atom stereocenters. The van der Waals surface area contributed by atoms with Gasteiger partial charge < -0.3 is 4.90 Å². The van der Waals surface area contributed by atoms with E-state index in [1.807, 2.05) is 4.90 Å². The van der Waals surface area contributed by atoms with Crippen molar-refractivity contribution < 1.29 is 9.18 Å². The van der Waals surface area contributed by atoms with Gasteiger partial charge in [0, 0.05) is 12.0 Å². The van der Waals surface area contributed by atoms with E-state index in [2.05, 4.69) is 31.1 Å². The summed E-state index contributed by atoms with van der Waals surface area (Å²) < 4.78 is 15.0. The van der Waals surface area contributed by atoms with Gasteiger partial charge in [-0.25, -0.2) is 9.07 Å². The van der Waals surface area contributed by atoms with Crippen molar-refractivity contribution in [2.75, 3.05) is 0 Å². The quantitative estimate of drug-likeness (QED) is 0.860. The van der Waals surface area contributed by atoms with Crippen LogP contribution in [0.25, 0.3) is 5.69 Å². The minimum Gasteiger partial charge on any atom is -0.331 e. The zero-order valence-corrected chi connectivity index (χ0v) is 14.9. The maximum Gasteiger partial charge on any atom is 0.223 e. The molecule has 2 aromatic rings. The molecule has 2 heterocycles. The number of rotatable bonds is 3. The molecule has 6 heteroatoms. The maximum absolute atomic E-state index is 13.4. The molecule has 1 aromatic heterocycles. The van der Waals surface area contributed by atoms with Crippen LogP contribution in [-0.4, -0.2) is 31.3 Å². The summed E-state index contributed by atoms with van der Waals surface area (Å²) in [4.78, 5) is 14.7. The number of halogens is 1. The Labute approximate surface area is 146 Å². The fourth-order valence-corrected chi connectivity index (χ4v) is 4.55. The Hall–Kier alpha value is -2.24. The number of amides is 1. The largest absolute Gasteiger partial charge is 0.331 e. The maximum atomic E-state index is 13.4. The lowest BCUT2D eigenvalue weighted by Gasteiger charge is -2.52. The second kappa shape index (κ2) is 5.38. The average molecular weight is 342 g/mol. The molecule has 1 amide bonds. The molecule has 1 aliphatic carbocycles. The highest BCUT2D eigenvalue weighted by atomic mass is 19.1. The topological polar surface area (TPSA) is 51.0 Å². The van der Waals surface area contributed by atoms with Crippen LogP contribution in [0.4, 0.5) is 4.39 Å². The molecule has 1 aromatic carbocycles. The number of benzene rings is 1. The number of hydrogen-bond donors (Lipinski definition) is 0. The smallest absolute Gasteiger partial charge is 0.223 e. The summed E-state index contributed by atoms with van der Waals surface area (Å²) in [5.74, 6) is 0.348. The van der Waals surface area contributed by atoms with E-state index in [4.69, 9.17) is 0 Å². The predicted molar refractivity (Wildman–Crippen MR) is 91.4 cm³/mol. The van der Waals surface area contributed by atoms with Gasteiger partial charge in [0.1, 0.15) is 11.5 Å². The van der Waals surface area contributed by atoms with Crippen LogP contribution in [-0.2, 0) is 11.3 Å². The van der Waals surface area contributed by atoms with Crippen LogP contribution in [0.3, 0.4) is 0 Å². The first-order valence-electron chi connectivity index (χ1n) is 8.79. The molecule has 0 radical (unpaired) electrons. The molecule has 0 N–H and O–H groups in total. The Morgan fingerprint density at radius 2 is 2.12 bits per heavy atom. The summed E-state index contributed by atoms with van der Waals surface area (Å²) >= 11 is 0. The third-order valence-electron chi connectivity index (χ3n) is 6.64. The van der Waals surface area contributed by atoms with Crippen molar-refractivity contribution >= 4 is 5.91 Å². The van der Waals surface area contributed by atoms with Crippen LogP contribution in [0, 0.1) is 17.2 Å². The second-order valence-electron chi connectivity index (χ2n) is 8.05. The molecule has 1 aliphatic heterocycles. The van der Waals surface area contributed by atoms with E-state index in [1.165, 1.54) is 12.1 Å². The van der Waals surface area contributed by atoms with Gasteiger partial charge >= 0.3 is 0 Å². The molecule has 132 valence electrons. The SMILES string of the molecule is CC1(C)[C@H]2CC[C@]1(C)N(Cc1cn(-c3cccc(F)c3)nn1)C(=O)C2. The van der Waals surface area contributed by atoms with Crippen LogP contribution in [0.15, 0.2) is 30.5 Å². The molecule has 2 atom stereocenters. The van der Waals surface area contributed by atoms with E-state index in [1.54, 1.807) is 23.0 Å². The number of aromatic nitrogens is 3. The number of likely N-dealkylation sites (tertiary alicyclic amines) is 1. The molecule has 2 fully saturated rings. The van der Waals surface area contributed by atoms with Gasteiger partial charge in [-0.3, -0.25) is 4.79 Å². The van der Waals surface area contributed by atoms with Gasteiger partial charge in [0.25, 0.3) is 0 Å². The van der Waals surface area contributed by atoms with Crippen LogP contribution < -0.4 is 0 Å². The van der Waals surface area contributed by atoms with Crippen LogP contribution in [0.2, 0.25) is 0 Å². The third-order valence-corrected chi connectivity index (χ3v) is 6.64. The van der Waals surface area contributed by atoms with Gasteiger partial charge in [0.15, 0.2) is 0 Å². The summed E-state index contributed by atoms with van der Waals surface area (Å²) in [5, 5.41) is 8.31. The lowest BCUT2D eigenvalue weighted by molar-refractivity contribution is -0.152. The summed E-state index contributed by atoms with van der Waals surface area (Å²) in [5.41, 5.74) is 1.28. The summed E-state index contributed by atoms with van der Waals surface area (Å²) in [7, 11) is 0. The lowest BCUT2D eigenvalue weighted by atomic mass is 9.66. The van der Waals surface area contributed by atoms with E-state index in [0.29, 0.717) is 24.6 Å². The molecule has 2 aliphatic rings. The van der Waals surface area contributed by atoms with E-state index in [9.17, 15) is 9.18 Å². The minimum absolute atomic E-state index is 0.0967. The van der Waals surface area contributed by atoms with Crippen molar-refractivity contribution in [2.24, 2.45) is 11.3 Å². The highest BCUT2D eigenvalue weighted by Crippen LogP contribution is 2.57. The van der Waals surface area contributed by atoms with Crippen molar-refractivity contribution in [2.45, 2.75) is 52.1 Å². The minimum atomic E-state index is -0.313. The fourth-order valence-electron chi connectivity index (χ4n) is 4.55. The first kappa shape index (κ1) is 16.2. The molecular formula is C19H23FN4O. The predicted octanol–water partition coefficient (Wildman–Crippen LogP) is 3.33. The third kappa shape index (κ3) is 2.38. The molecule has 4 rings (SSSR count). The standard InChI is InChI=1S/C19H23FN4O/c1-18(2)13-7-8-19(18,3)23(17(25)9-13)11-15-12-24(22-21-15)16-6-4-5-14(20)10-16/h4-6,10,12-13H,7-9,11H2,1-3H3/t13-,19-/m0/s1. The summed E-state index contributed by atoms with van der Waals surface area (Å²) in [6.07, 6.45) is 4.51. The van der Waals surface area contributed by atoms with Gasteiger partial charge in [-0.15, -0.1) is 5.10 Å². The number of carbonyl (C=O) groups is 1. The molecule has 5 nitrogen and oxygen atoms in total. The van der Waals surface area contributed by atoms with Gasteiger partial charge in [-0.05, 0) is 49.3 Å². The Bertz CT molecular complexity index is 830. The van der Waals surface area contributed by atoms with Crippen molar-refractivity contribution in [3.8, 4) is 5.69 Å². The average Bonchev–Trinajstić information content (AvgIpc) is 3.07. The number of piperidine rings is 1. The van der Waals surface area contributed by atoms with Crippen molar-refractivity contribution in [3.63, 3.8) is 0 Å². The van der Waals surface area contributed by atoms with Gasteiger partial charge in [-0.2, -0.15) is 0 Å². The van der Waals surface area contributed by atoms with Crippen LogP contribution >= 0.6 is 0 Å². The van der Waals surface area contributed by atoms with E-state index < -0.39 is 0 Å². The van der Waals surface area contributed by atoms with Crippen molar-refractivity contribution in [3.05, 3.63) is 42.0 Å². The molecule has 25 heavy (non-hydrogen) atoms.